The molecule has 0 N–H and O–H groups in total. The highest BCUT2D eigenvalue weighted by Crippen LogP contribution is 2.33. The van der Waals surface area contributed by atoms with Crippen LogP contribution in [0.15, 0.2) is 49.0 Å². The fourth-order valence-electron chi connectivity index (χ4n) is 2.92. The number of nitrogens with zero attached hydrogens (tertiary/aromatic N) is 2. The number of anilines is 1. The lowest BCUT2D eigenvalue weighted by atomic mass is 10.1. The van der Waals surface area contributed by atoms with E-state index < -0.39 is 0 Å². The largest absolute Gasteiger partial charge is 0.493 e. The molecule has 0 spiro atoms. The van der Waals surface area contributed by atoms with E-state index in [4.69, 9.17) is 9.47 Å². The summed E-state index contributed by atoms with van der Waals surface area (Å²) in [6.45, 7) is 3.87. The van der Waals surface area contributed by atoms with Gasteiger partial charge in [0.1, 0.15) is 6.54 Å². The van der Waals surface area contributed by atoms with E-state index in [0.29, 0.717) is 28.4 Å². The molecule has 0 bridgehead atoms. The maximum Gasteiger partial charge on any atom is 0.259 e. The van der Waals surface area contributed by atoms with Crippen LogP contribution in [0.4, 0.5) is 5.69 Å². The summed E-state index contributed by atoms with van der Waals surface area (Å²) < 4.78 is 10.5. The van der Waals surface area contributed by atoms with Gasteiger partial charge >= 0.3 is 0 Å². The lowest BCUT2D eigenvalue weighted by Crippen LogP contribution is -2.38. The fraction of sp³-hybridized carbons (Fsp3) is 0.200. The first-order chi connectivity index (χ1) is 12.5. The summed E-state index contributed by atoms with van der Waals surface area (Å²) in [5.41, 5.74) is 2.51. The van der Waals surface area contributed by atoms with Crippen molar-refractivity contribution in [2.45, 2.75) is 0 Å². The van der Waals surface area contributed by atoms with Crippen molar-refractivity contribution in [3.05, 3.63) is 60.2 Å². The summed E-state index contributed by atoms with van der Waals surface area (Å²) in [7, 11) is 4.74. The number of hydrogen-bond donors (Lipinski definition) is 0. The SMILES string of the molecule is C=C1c2ccccc2C(=O)N1CC(=O)N(C)c1ccc(OC)c(OC)c1. The Bertz CT molecular complexity index is 856. The number of carbonyl (C=O) groups is 2. The van der Waals surface area contributed by atoms with Gasteiger partial charge in [-0.05, 0) is 18.2 Å². The lowest BCUT2D eigenvalue weighted by Gasteiger charge is -2.23. The predicted molar refractivity (Wildman–Crippen MR) is 99.5 cm³/mol. The number of hydrogen-bond acceptors (Lipinski definition) is 4. The van der Waals surface area contributed by atoms with E-state index in [9.17, 15) is 9.59 Å². The molecule has 1 aliphatic rings. The highest BCUT2D eigenvalue weighted by Gasteiger charge is 2.32. The maximum absolute atomic E-state index is 12.7. The van der Waals surface area contributed by atoms with E-state index >= 15 is 0 Å². The molecule has 0 atom stereocenters. The summed E-state index contributed by atoms with van der Waals surface area (Å²) in [6, 6.07) is 12.4. The van der Waals surface area contributed by atoms with Gasteiger partial charge in [-0.25, -0.2) is 0 Å². The molecule has 0 radical (unpaired) electrons. The van der Waals surface area contributed by atoms with Crippen LogP contribution in [0.2, 0.25) is 0 Å². The zero-order chi connectivity index (χ0) is 18.8. The van der Waals surface area contributed by atoms with Gasteiger partial charge in [0, 0.05) is 35.6 Å². The van der Waals surface area contributed by atoms with E-state index in [-0.39, 0.29) is 18.4 Å². The number of rotatable bonds is 5. The molecule has 0 fully saturated rings. The second kappa shape index (κ2) is 6.92. The van der Waals surface area contributed by atoms with Crippen molar-refractivity contribution < 1.29 is 19.1 Å². The Morgan fingerprint density at radius 1 is 1.08 bits per heavy atom. The van der Waals surface area contributed by atoms with Gasteiger partial charge in [-0.15, -0.1) is 0 Å². The zero-order valence-corrected chi connectivity index (χ0v) is 15.0. The van der Waals surface area contributed by atoms with E-state index in [1.54, 1.807) is 44.5 Å². The van der Waals surface area contributed by atoms with E-state index in [1.807, 2.05) is 12.1 Å². The molecule has 134 valence electrons. The highest BCUT2D eigenvalue weighted by atomic mass is 16.5. The highest BCUT2D eigenvalue weighted by molar-refractivity contribution is 6.11. The van der Waals surface area contributed by atoms with Crippen molar-refractivity contribution >= 4 is 23.2 Å². The van der Waals surface area contributed by atoms with E-state index in [2.05, 4.69) is 6.58 Å². The van der Waals surface area contributed by atoms with Crippen molar-refractivity contribution in [3.8, 4) is 11.5 Å². The van der Waals surface area contributed by atoms with Gasteiger partial charge < -0.3 is 14.4 Å². The molecule has 0 saturated heterocycles. The van der Waals surface area contributed by atoms with Crippen LogP contribution in [0.25, 0.3) is 5.70 Å². The normalized spacial score (nSPS) is 12.8. The van der Waals surface area contributed by atoms with Crippen molar-refractivity contribution in [1.29, 1.82) is 0 Å². The number of benzene rings is 2. The third-order valence-corrected chi connectivity index (χ3v) is 4.46. The number of methoxy groups -OCH3 is 2. The maximum atomic E-state index is 12.7. The molecular formula is C20H20N2O4. The molecule has 2 aromatic rings. The minimum absolute atomic E-state index is 0.0861. The fourth-order valence-corrected chi connectivity index (χ4v) is 2.92. The van der Waals surface area contributed by atoms with E-state index in [0.717, 1.165) is 5.56 Å². The molecule has 6 nitrogen and oxygen atoms in total. The quantitative estimate of drug-likeness (QED) is 0.830. The number of ether oxygens (including phenoxy) is 2. The van der Waals surface area contributed by atoms with Crippen molar-refractivity contribution in [2.75, 3.05) is 32.7 Å². The van der Waals surface area contributed by atoms with Crippen LogP contribution >= 0.6 is 0 Å². The average Bonchev–Trinajstić information content (AvgIpc) is 2.92. The Balaban J connectivity index is 1.79. The van der Waals surface area contributed by atoms with Gasteiger partial charge in [0.15, 0.2) is 11.5 Å². The monoisotopic (exact) mass is 352 g/mol. The molecule has 2 aromatic carbocycles. The minimum Gasteiger partial charge on any atom is -0.493 e. The molecule has 0 aliphatic carbocycles. The summed E-state index contributed by atoms with van der Waals surface area (Å²) >= 11 is 0. The van der Waals surface area contributed by atoms with Gasteiger partial charge in [0.25, 0.3) is 5.91 Å². The molecule has 6 heteroatoms. The van der Waals surface area contributed by atoms with Crippen LogP contribution in [0.3, 0.4) is 0 Å². The summed E-state index contributed by atoms with van der Waals surface area (Å²) in [5, 5.41) is 0. The molecule has 1 aliphatic heterocycles. The van der Waals surface area contributed by atoms with Gasteiger partial charge in [0.2, 0.25) is 5.91 Å². The van der Waals surface area contributed by atoms with Crippen LogP contribution < -0.4 is 14.4 Å². The Labute approximate surface area is 152 Å². The summed E-state index contributed by atoms with van der Waals surface area (Å²) in [4.78, 5) is 28.1. The van der Waals surface area contributed by atoms with Gasteiger partial charge in [-0.3, -0.25) is 14.5 Å². The topological polar surface area (TPSA) is 59.1 Å². The first-order valence-electron chi connectivity index (χ1n) is 8.06. The van der Waals surface area contributed by atoms with E-state index in [1.165, 1.54) is 16.9 Å². The summed E-state index contributed by atoms with van der Waals surface area (Å²) in [5.74, 6) is 0.661. The predicted octanol–water partition coefficient (Wildman–Crippen LogP) is 2.79. The third kappa shape index (κ3) is 2.90. The number of likely N-dealkylation sites (N-methyl/N-ethyl adjacent to an activating group) is 1. The van der Waals surface area contributed by atoms with Crippen molar-refractivity contribution in [2.24, 2.45) is 0 Å². The van der Waals surface area contributed by atoms with Crippen LogP contribution in [0.1, 0.15) is 15.9 Å². The summed E-state index contributed by atoms with van der Waals surface area (Å²) in [6.07, 6.45) is 0. The first-order valence-corrected chi connectivity index (χ1v) is 8.06. The molecule has 26 heavy (non-hydrogen) atoms. The Hall–Kier alpha value is -3.28. The second-order valence-corrected chi connectivity index (χ2v) is 5.88. The van der Waals surface area contributed by atoms with Crippen LogP contribution in [0, 0.1) is 0 Å². The van der Waals surface area contributed by atoms with Gasteiger partial charge in [0.05, 0.1) is 14.2 Å². The lowest BCUT2D eigenvalue weighted by molar-refractivity contribution is -0.118. The number of amides is 2. The molecule has 0 saturated carbocycles. The van der Waals surface area contributed by atoms with Gasteiger partial charge in [-0.1, -0.05) is 24.8 Å². The standard InChI is InChI=1S/C20H20N2O4/c1-13-15-7-5-6-8-16(15)20(24)22(13)12-19(23)21(2)14-9-10-17(25-3)18(11-14)26-4/h5-11H,1,12H2,2-4H3. The minimum atomic E-state index is -0.237. The molecule has 0 unspecified atom stereocenters. The Morgan fingerprint density at radius 2 is 1.73 bits per heavy atom. The van der Waals surface area contributed by atoms with Crippen molar-refractivity contribution in [3.63, 3.8) is 0 Å². The van der Waals surface area contributed by atoms with Crippen LogP contribution in [0.5, 0.6) is 11.5 Å². The molecular weight excluding hydrogens is 332 g/mol. The third-order valence-electron chi connectivity index (χ3n) is 4.46. The zero-order valence-electron chi connectivity index (χ0n) is 15.0. The van der Waals surface area contributed by atoms with Crippen LogP contribution in [-0.4, -0.2) is 44.5 Å². The van der Waals surface area contributed by atoms with Crippen molar-refractivity contribution in [1.82, 2.24) is 4.90 Å². The Morgan fingerprint density at radius 3 is 2.35 bits per heavy atom. The number of carbonyl (C=O) groups excluding carboxylic acids is 2. The number of fused-ring (bicyclic) bond motifs is 1. The molecule has 1 heterocycles. The van der Waals surface area contributed by atoms with Crippen LogP contribution in [-0.2, 0) is 4.79 Å². The molecule has 0 aromatic heterocycles. The molecule has 3 rings (SSSR count). The first kappa shape index (κ1) is 17.5. The Kier molecular flexibility index (Phi) is 4.67. The van der Waals surface area contributed by atoms with Gasteiger partial charge in [-0.2, -0.15) is 0 Å². The average molecular weight is 352 g/mol. The second-order valence-electron chi connectivity index (χ2n) is 5.88. The smallest absolute Gasteiger partial charge is 0.259 e. The molecule has 2 amide bonds.